The van der Waals surface area contributed by atoms with Crippen LogP contribution in [0.2, 0.25) is 5.02 Å². The van der Waals surface area contributed by atoms with Crippen LogP contribution in [0.4, 0.5) is 4.39 Å². The van der Waals surface area contributed by atoms with Crippen molar-refractivity contribution in [3.63, 3.8) is 0 Å². The molecule has 0 saturated heterocycles. The molecule has 0 spiro atoms. The molecular formula is C18H13ClFNO. The smallest absolute Gasteiger partial charge is 0.254 e. The highest BCUT2D eigenvalue weighted by molar-refractivity contribution is 6.30. The first-order valence-corrected chi connectivity index (χ1v) is 7.23. The van der Waals surface area contributed by atoms with Gasteiger partial charge in [0.1, 0.15) is 5.82 Å². The Morgan fingerprint density at radius 3 is 2.64 bits per heavy atom. The minimum atomic E-state index is -0.622. The van der Waals surface area contributed by atoms with Gasteiger partial charge in [0.2, 0.25) is 0 Å². The van der Waals surface area contributed by atoms with E-state index < -0.39 is 11.7 Å². The zero-order valence-corrected chi connectivity index (χ0v) is 12.4. The molecule has 1 amide bonds. The minimum absolute atomic E-state index is 0.00960. The predicted octanol–water partition coefficient (Wildman–Crippen LogP) is 4.56. The van der Waals surface area contributed by atoms with Crippen molar-refractivity contribution in [2.45, 2.75) is 6.54 Å². The molecule has 2 nitrogen and oxygen atoms in total. The highest BCUT2D eigenvalue weighted by Crippen LogP contribution is 2.19. The van der Waals surface area contributed by atoms with Crippen LogP contribution in [-0.2, 0) is 6.54 Å². The Kier molecular flexibility index (Phi) is 4.07. The van der Waals surface area contributed by atoms with Gasteiger partial charge in [0.05, 0.1) is 5.56 Å². The standard InChI is InChI=1S/C18H13ClFNO/c19-14-8-9-16(17(20)10-14)18(22)21-11-13-6-3-5-12-4-1-2-7-15(12)13/h1-10H,11H2,(H,21,22). The molecule has 0 radical (unpaired) electrons. The zero-order chi connectivity index (χ0) is 15.5. The van der Waals surface area contributed by atoms with Crippen molar-refractivity contribution in [1.82, 2.24) is 5.32 Å². The molecule has 0 atom stereocenters. The van der Waals surface area contributed by atoms with Crippen molar-refractivity contribution in [1.29, 1.82) is 0 Å². The molecule has 3 rings (SSSR count). The van der Waals surface area contributed by atoms with Gasteiger partial charge in [-0.25, -0.2) is 4.39 Å². The first-order valence-electron chi connectivity index (χ1n) is 6.85. The van der Waals surface area contributed by atoms with Gasteiger partial charge < -0.3 is 5.32 Å². The van der Waals surface area contributed by atoms with E-state index in [1.54, 1.807) is 0 Å². The molecular weight excluding hydrogens is 301 g/mol. The molecule has 4 heteroatoms. The second kappa shape index (κ2) is 6.16. The van der Waals surface area contributed by atoms with Crippen LogP contribution < -0.4 is 5.32 Å². The number of carbonyl (C=O) groups is 1. The van der Waals surface area contributed by atoms with Crippen LogP contribution in [0.15, 0.2) is 60.7 Å². The third-order valence-electron chi connectivity index (χ3n) is 3.50. The van der Waals surface area contributed by atoms with Crippen LogP contribution in [0.3, 0.4) is 0 Å². The average Bonchev–Trinajstić information content (AvgIpc) is 2.52. The maximum atomic E-state index is 13.7. The Morgan fingerprint density at radius 1 is 1.05 bits per heavy atom. The van der Waals surface area contributed by atoms with Crippen molar-refractivity contribution >= 4 is 28.3 Å². The summed E-state index contributed by atoms with van der Waals surface area (Å²) < 4.78 is 13.7. The first-order chi connectivity index (χ1) is 10.6. The van der Waals surface area contributed by atoms with Gasteiger partial charge in [-0.3, -0.25) is 4.79 Å². The number of rotatable bonds is 3. The molecule has 0 heterocycles. The highest BCUT2D eigenvalue weighted by atomic mass is 35.5. The summed E-state index contributed by atoms with van der Waals surface area (Å²) in [6, 6.07) is 17.8. The van der Waals surface area contributed by atoms with Gasteiger partial charge in [-0.2, -0.15) is 0 Å². The van der Waals surface area contributed by atoms with Crippen LogP contribution in [-0.4, -0.2) is 5.91 Å². The summed E-state index contributed by atoms with van der Waals surface area (Å²) in [7, 11) is 0. The van der Waals surface area contributed by atoms with Gasteiger partial charge in [-0.05, 0) is 34.5 Å². The summed E-state index contributed by atoms with van der Waals surface area (Å²) in [6.07, 6.45) is 0. The van der Waals surface area contributed by atoms with E-state index in [1.165, 1.54) is 12.1 Å². The van der Waals surface area contributed by atoms with Crippen molar-refractivity contribution in [2.24, 2.45) is 0 Å². The number of amides is 1. The summed E-state index contributed by atoms with van der Waals surface area (Å²) in [6.45, 7) is 0.336. The minimum Gasteiger partial charge on any atom is -0.348 e. The highest BCUT2D eigenvalue weighted by Gasteiger charge is 2.12. The van der Waals surface area contributed by atoms with E-state index in [4.69, 9.17) is 11.6 Å². The van der Waals surface area contributed by atoms with Crippen LogP contribution >= 0.6 is 11.6 Å². The van der Waals surface area contributed by atoms with Crippen molar-refractivity contribution in [2.75, 3.05) is 0 Å². The molecule has 0 aromatic heterocycles. The van der Waals surface area contributed by atoms with Crippen LogP contribution in [0, 0.1) is 5.82 Å². The second-order valence-corrected chi connectivity index (χ2v) is 5.38. The molecule has 0 bridgehead atoms. The Morgan fingerprint density at radius 2 is 1.82 bits per heavy atom. The molecule has 0 aliphatic heterocycles. The van der Waals surface area contributed by atoms with E-state index >= 15 is 0 Å². The fraction of sp³-hybridized carbons (Fsp3) is 0.0556. The molecule has 1 N–H and O–H groups in total. The number of nitrogens with one attached hydrogen (secondary N) is 1. The molecule has 3 aromatic rings. The van der Waals surface area contributed by atoms with E-state index in [2.05, 4.69) is 5.32 Å². The predicted molar refractivity (Wildman–Crippen MR) is 86.5 cm³/mol. The molecule has 22 heavy (non-hydrogen) atoms. The lowest BCUT2D eigenvalue weighted by Gasteiger charge is -2.09. The fourth-order valence-electron chi connectivity index (χ4n) is 2.39. The lowest BCUT2D eigenvalue weighted by atomic mass is 10.0. The number of hydrogen-bond acceptors (Lipinski definition) is 1. The maximum Gasteiger partial charge on any atom is 0.254 e. The van der Waals surface area contributed by atoms with Gasteiger partial charge in [-0.15, -0.1) is 0 Å². The Labute approximate surface area is 132 Å². The second-order valence-electron chi connectivity index (χ2n) is 4.95. The molecule has 3 aromatic carbocycles. The molecule has 0 fully saturated rings. The van der Waals surface area contributed by atoms with Crippen molar-refractivity contribution in [3.8, 4) is 0 Å². The molecule has 0 saturated carbocycles. The monoisotopic (exact) mass is 313 g/mol. The number of carbonyl (C=O) groups excluding carboxylic acids is 1. The first kappa shape index (κ1) is 14.5. The normalized spacial score (nSPS) is 10.6. The number of benzene rings is 3. The van der Waals surface area contributed by atoms with Gasteiger partial charge in [0.25, 0.3) is 5.91 Å². The molecule has 0 unspecified atom stereocenters. The number of hydrogen-bond donors (Lipinski definition) is 1. The average molecular weight is 314 g/mol. The van der Waals surface area contributed by atoms with E-state index in [-0.39, 0.29) is 10.6 Å². The van der Waals surface area contributed by atoms with E-state index in [9.17, 15) is 9.18 Å². The summed E-state index contributed by atoms with van der Waals surface area (Å²) in [5, 5.41) is 5.19. The number of halogens is 2. The largest absolute Gasteiger partial charge is 0.348 e. The fourth-order valence-corrected chi connectivity index (χ4v) is 2.55. The zero-order valence-electron chi connectivity index (χ0n) is 11.6. The lowest BCUT2D eigenvalue weighted by molar-refractivity contribution is 0.0947. The quantitative estimate of drug-likeness (QED) is 0.754. The summed E-state index contributed by atoms with van der Waals surface area (Å²) in [5.74, 6) is -1.08. The summed E-state index contributed by atoms with van der Waals surface area (Å²) >= 11 is 5.69. The molecule has 0 aliphatic carbocycles. The third-order valence-corrected chi connectivity index (χ3v) is 3.73. The van der Waals surface area contributed by atoms with Crippen LogP contribution in [0.25, 0.3) is 10.8 Å². The van der Waals surface area contributed by atoms with Gasteiger partial charge in [0.15, 0.2) is 0 Å². The van der Waals surface area contributed by atoms with E-state index in [0.29, 0.717) is 6.54 Å². The van der Waals surface area contributed by atoms with Crippen molar-refractivity contribution < 1.29 is 9.18 Å². The Balaban J connectivity index is 1.80. The maximum absolute atomic E-state index is 13.7. The van der Waals surface area contributed by atoms with Crippen LogP contribution in [0.5, 0.6) is 0 Å². The Bertz CT molecular complexity index is 842. The topological polar surface area (TPSA) is 29.1 Å². The number of fused-ring (bicyclic) bond motifs is 1. The van der Waals surface area contributed by atoms with Gasteiger partial charge in [-0.1, -0.05) is 54.1 Å². The lowest BCUT2D eigenvalue weighted by Crippen LogP contribution is -2.23. The third kappa shape index (κ3) is 2.95. The van der Waals surface area contributed by atoms with Crippen molar-refractivity contribution in [3.05, 3.63) is 82.6 Å². The van der Waals surface area contributed by atoms with Gasteiger partial charge in [0, 0.05) is 11.6 Å². The molecule has 110 valence electrons. The van der Waals surface area contributed by atoms with E-state index in [0.717, 1.165) is 22.4 Å². The SMILES string of the molecule is O=C(NCc1cccc2ccccc12)c1ccc(Cl)cc1F. The summed E-state index contributed by atoms with van der Waals surface area (Å²) in [5.41, 5.74) is 0.977. The van der Waals surface area contributed by atoms with E-state index in [1.807, 2.05) is 42.5 Å². The van der Waals surface area contributed by atoms with Crippen LogP contribution in [0.1, 0.15) is 15.9 Å². The molecule has 0 aliphatic rings. The Hall–Kier alpha value is -2.39. The summed E-state index contributed by atoms with van der Waals surface area (Å²) in [4.78, 5) is 12.1. The van der Waals surface area contributed by atoms with Gasteiger partial charge >= 0.3 is 0 Å².